The summed E-state index contributed by atoms with van der Waals surface area (Å²) in [6.07, 6.45) is 0.00354. The number of amides is 1. The molecule has 0 spiro atoms. The van der Waals surface area contributed by atoms with Crippen LogP contribution in [-0.2, 0) is 9.53 Å². The minimum Gasteiger partial charge on any atom is -0.481 e. The van der Waals surface area contributed by atoms with Gasteiger partial charge in [0.15, 0.2) is 6.10 Å². The molecule has 0 bridgehead atoms. The maximum atomic E-state index is 12.6. The second-order valence-electron chi connectivity index (χ2n) is 6.56. The Morgan fingerprint density at radius 1 is 1.22 bits per heavy atom. The lowest BCUT2D eigenvalue weighted by Gasteiger charge is -2.29. The van der Waals surface area contributed by atoms with Crippen molar-refractivity contribution >= 4 is 28.9 Å². The quantitative estimate of drug-likeness (QED) is 0.802. The van der Waals surface area contributed by atoms with Gasteiger partial charge in [0.05, 0.1) is 13.2 Å². The van der Waals surface area contributed by atoms with E-state index >= 15 is 0 Å². The molecular weight excluding hydrogens is 364 g/mol. The van der Waals surface area contributed by atoms with E-state index in [0.717, 1.165) is 43.2 Å². The lowest BCUT2D eigenvalue weighted by molar-refractivity contribution is -0.122. The predicted octanol–water partition coefficient (Wildman–Crippen LogP) is 4.28. The molecule has 5 nitrogen and oxygen atoms in total. The van der Waals surface area contributed by atoms with Crippen molar-refractivity contribution in [2.24, 2.45) is 0 Å². The van der Waals surface area contributed by atoms with Crippen LogP contribution >= 0.6 is 11.6 Å². The van der Waals surface area contributed by atoms with Crippen molar-refractivity contribution in [1.82, 2.24) is 0 Å². The molecule has 0 unspecified atom stereocenters. The number of rotatable bonds is 6. The highest BCUT2D eigenvalue weighted by Crippen LogP contribution is 2.23. The Balaban J connectivity index is 1.61. The number of halogens is 1. The van der Waals surface area contributed by atoms with Crippen LogP contribution in [0.4, 0.5) is 11.4 Å². The summed E-state index contributed by atoms with van der Waals surface area (Å²) in [5.74, 6) is 0.478. The number of hydrogen-bond acceptors (Lipinski definition) is 4. The van der Waals surface area contributed by atoms with Crippen molar-refractivity contribution in [3.63, 3.8) is 0 Å². The summed E-state index contributed by atoms with van der Waals surface area (Å²) in [6, 6.07) is 13.3. The van der Waals surface area contributed by atoms with Gasteiger partial charge < -0.3 is 19.7 Å². The first-order chi connectivity index (χ1) is 13.1. The molecule has 27 heavy (non-hydrogen) atoms. The van der Waals surface area contributed by atoms with Gasteiger partial charge in [-0.15, -0.1) is 0 Å². The van der Waals surface area contributed by atoms with E-state index in [1.807, 2.05) is 44.2 Å². The number of ether oxygens (including phenoxy) is 2. The van der Waals surface area contributed by atoms with Gasteiger partial charge in [-0.25, -0.2) is 0 Å². The lowest BCUT2D eigenvalue weighted by Crippen LogP contribution is -2.36. The molecule has 6 heteroatoms. The molecule has 144 valence electrons. The molecule has 1 amide bonds. The second-order valence-corrected chi connectivity index (χ2v) is 6.97. The molecule has 1 heterocycles. The van der Waals surface area contributed by atoms with Crippen molar-refractivity contribution < 1.29 is 14.3 Å². The van der Waals surface area contributed by atoms with Gasteiger partial charge in [0, 0.05) is 29.5 Å². The van der Waals surface area contributed by atoms with Gasteiger partial charge in [0.1, 0.15) is 5.75 Å². The summed E-state index contributed by atoms with van der Waals surface area (Å²) in [7, 11) is 0. The van der Waals surface area contributed by atoms with E-state index in [2.05, 4.69) is 10.2 Å². The largest absolute Gasteiger partial charge is 0.481 e. The Morgan fingerprint density at radius 2 is 1.93 bits per heavy atom. The second kappa shape index (κ2) is 9.11. The van der Waals surface area contributed by atoms with Crippen molar-refractivity contribution in [1.29, 1.82) is 0 Å². The summed E-state index contributed by atoms with van der Waals surface area (Å²) in [5.41, 5.74) is 2.81. The zero-order valence-electron chi connectivity index (χ0n) is 15.7. The number of nitrogens with zero attached hydrogens (tertiary/aromatic N) is 1. The van der Waals surface area contributed by atoms with E-state index in [4.69, 9.17) is 21.1 Å². The van der Waals surface area contributed by atoms with Crippen LogP contribution in [0, 0.1) is 6.92 Å². The maximum absolute atomic E-state index is 12.6. The topological polar surface area (TPSA) is 50.8 Å². The number of carbonyl (C=O) groups excluding carboxylic acids is 1. The molecule has 0 aliphatic carbocycles. The van der Waals surface area contributed by atoms with Crippen molar-refractivity contribution in [3.05, 3.63) is 53.1 Å². The minimum atomic E-state index is -0.565. The monoisotopic (exact) mass is 388 g/mol. The average Bonchev–Trinajstić information content (AvgIpc) is 2.70. The highest BCUT2D eigenvalue weighted by molar-refractivity contribution is 6.31. The first-order valence-corrected chi connectivity index (χ1v) is 9.61. The predicted molar refractivity (Wildman–Crippen MR) is 109 cm³/mol. The molecule has 3 rings (SSSR count). The van der Waals surface area contributed by atoms with Crippen LogP contribution in [0.2, 0.25) is 5.02 Å². The summed E-state index contributed by atoms with van der Waals surface area (Å²) in [6.45, 7) is 7.10. The molecule has 1 aliphatic heterocycles. The summed E-state index contributed by atoms with van der Waals surface area (Å²) in [5, 5.41) is 3.62. The van der Waals surface area contributed by atoms with E-state index in [0.29, 0.717) is 17.2 Å². The Kier molecular flexibility index (Phi) is 6.58. The van der Waals surface area contributed by atoms with Crippen molar-refractivity contribution in [2.75, 3.05) is 36.5 Å². The molecule has 2 aromatic rings. The molecule has 1 atom stereocenters. The van der Waals surface area contributed by atoms with Crippen LogP contribution < -0.4 is 15.0 Å². The zero-order valence-corrected chi connectivity index (χ0v) is 16.5. The zero-order chi connectivity index (χ0) is 19.2. The first-order valence-electron chi connectivity index (χ1n) is 9.23. The molecular formula is C21H25ClN2O3. The van der Waals surface area contributed by atoms with Crippen LogP contribution in [0.5, 0.6) is 5.75 Å². The van der Waals surface area contributed by atoms with Gasteiger partial charge >= 0.3 is 0 Å². The van der Waals surface area contributed by atoms with E-state index in [1.54, 1.807) is 12.1 Å². The molecule has 1 N–H and O–H groups in total. The number of morpholine rings is 1. The third-order valence-electron chi connectivity index (χ3n) is 4.58. The number of benzene rings is 2. The molecule has 0 saturated carbocycles. The lowest BCUT2D eigenvalue weighted by atomic mass is 10.2. The number of carbonyl (C=O) groups is 1. The van der Waals surface area contributed by atoms with Gasteiger partial charge in [-0.3, -0.25) is 4.79 Å². The number of nitrogens with one attached hydrogen (secondary N) is 1. The Morgan fingerprint density at radius 3 is 2.56 bits per heavy atom. The number of aryl methyl sites for hydroxylation is 1. The smallest absolute Gasteiger partial charge is 0.265 e. The molecule has 1 aliphatic rings. The molecule has 1 saturated heterocycles. The van der Waals surface area contributed by atoms with Gasteiger partial charge in [0.25, 0.3) is 5.91 Å². The Labute approximate surface area is 165 Å². The summed E-state index contributed by atoms with van der Waals surface area (Å²) < 4.78 is 11.2. The van der Waals surface area contributed by atoms with Crippen LogP contribution in [0.25, 0.3) is 0 Å². The Bertz CT molecular complexity index is 773. The maximum Gasteiger partial charge on any atom is 0.265 e. The number of anilines is 2. The van der Waals surface area contributed by atoms with Crippen LogP contribution in [0.1, 0.15) is 18.9 Å². The highest BCUT2D eigenvalue weighted by Gasteiger charge is 2.19. The van der Waals surface area contributed by atoms with Gasteiger partial charge in [-0.2, -0.15) is 0 Å². The van der Waals surface area contributed by atoms with Gasteiger partial charge in [-0.1, -0.05) is 18.5 Å². The van der Waals surface area contributed by atoms with E-state index in [9.17, 15) is 4.79 Å². The van der Waals surface area contributed by atoms with E-state index in [1.165, 1.54) is 0 Å². The standard InChI is InChI=1S/C21H25ClN2O3/c1-3-20(27-18-8-9-19(22)15(2)14-18)21(25)23-16-4-6-17(7-5-16)24-10-12-26-13-11-24/h4-9,14,20H,3,10-13H2,1-2H3,(H,23,25)/t20-/m0/s1. The SMILES string of the molecule is CC[C@H](Oc1ccc(Cl)c(C)c1)C(=O)Nc1ccc(N2CCOCC2)cc1. The number of hydrogen-bond donors (Lipinski definition) is 1. The molecule has 0 radical (unpaired) electrons. The average molecular weight is 389 g/mol. The van der Waals surface area contributed by atoms with Crippen LogP contribution in [-0.4, -0.2) is 38.3 Å². The third kappa shape index (κ3) is 5.15. The summed E-state index contributed by atoms with van der Waals surface area (Å²) in [4.78, 5) is 14.9. The van der Waals surface area contributed by atoms with Gasteiger partial charge in [-0.05, 0) is 61.4 Å². The third-order valence-corrected chi connectivity index (χ3v) is 5.01. The van der Waals surface area contributed by atoms with Crippen LogP contribution in [0.15, 0.2) is 42.5 Å². The fourth-order valence-corrected chi connectivity index (χ4v) is 3.09. The van der Waals surface area contributed by atoms with E-state index < -0.39 is 6.10 Å². The van der Waals surface area contributed by atoms with E-state index in [-0.39, 0.29) is 5.91 Å². The fraction of sp³-hybridized carbons (Fsp3) is 0.381. The molecule has 1 fully saturated rings. The van der Waals surface area contributed by atoms with Crippen LogP contribution in [0.3, 0.4) is 0 Å². The fourth-order valence-electron chi connectivity index (χ4n) is 2.98. The van der Waals surface area contributed by atoms with Crippen molar-refractivity contribution in [2.45, 2.75) is 26.4 Å². The van der Waals surface area contributed by atoms with Crippen molar-refractivity contribution in [3.8, 4) is 5.75 Å². The minimum absolute atomic E-state index is 0.163. The summed E-state index contributed by atoms with van der Waals surface area (Å²) >= 11 is 6.04. The molecule has 2 aromatic carbocycles. The molecule has 0 aromatic heterocycles. The highest BCUT2D eigenvalue weighted by atomic mass is 35.5. The normalized spacial score (nSPS) is 15.3. The van der Waals surface area contributed by atoms with Gasteiger partial charge in [0.2, 0.25) is 0 Å². The first kappa shape index (κ1) is 19.5. The Hall–Kier alpha value is -2.24.